The first kappa shape index (κ1) is 18.7. The van der Waals surface area contributed by atoms with E-state index in [-0.39, 0.29) is 17.9 Å². The van der Waals surface area contributed by atoms with Gasteiger partial charge in [-0.25, -0.2) is 0 Å². The minimum Gasteiger partial charge on any atom is -0.346 e. The van der Waals surface area contributed by atoms with Gasteiger partial charge >= 0.3 is 0 Å². The molecule has 0 fully saturated rings. The summed E-state index contributed by atoms with van der Waals surface area (Å²) in [4.78, 5) is 23.4. The van der Waals surface area contributed by atoms with Crippen molar-refractivity contribution in [2.24, 2.45) is 0 Å². The summed E-state index contributed by atoms with van der Waals surface area (Å²) in [6.07, 6.45) is 3.67. The van der Waals surface area contributed by atoms with Crippen molar-refractivity contribution in [1.29, 1.82) is 0 Å². The minimum absolute atomic E-state index is 0.0264. The third-order valence-electron chi connectivity index (χ3n) is 3.67. The summed E-state index contributed by atoms with van der Waals surface area (Å²) < 4.78 is 0. The second-order valence-electron chi connectivity index (χ2n) is 5.64. The van der Waals surface area contributed by atoms with Crippen molar-refractivity contribution in [3.8, 4) is 0 Å². The van der Waals surface area contributed by atoms with Gasteiger partial charge in [0.1, 0.15) is 0 Å². The maximum absolute atomic E-state index is 12.0. The molecule has 1 unspecified atom stereocenters. The van der Waals surface area contributed by atoms with Crippen LogP contribution in [0.4, 0.5) is 5.69 Å². The molecule has 5 heteroatoms. The quantitative estimate of drug-likeness (QED) is 0.744. The van der Waals surface area contributed by atoms with E-state index in [4.69, 9.17) is 11.6 Å². The molecule has 0 bridgehead atoms. The van der Waals surface area contributed by atoms with Crippen LogP contribution in [-0.4, -0.2) is 11.8 Å². The molecule has 0 spiro atoms. The van der Waals surface area contributed by atoms with Crippen LogP contribution in [0.5, 0.6) is 0 Å². The SMILES string of the molecule is CCC(=O)Nc1ccc(C(C)NC(=O)/C=C/c2ccc(Cl)cc2)cc1. The van der Waals surface area contributed by atoms with E-state index in [1.165, 1.54) is 6.08 Å². The smallest absolute Gasteiger partial charge is 0.244 e. The molecule has 0 aliphatic carbocycles. The van der Waals surface area contributed by atoms with Gasteiger partial charge in [0, 0.05) is 23.2 Å². The summed E-state index contributed by atoms with van der Waals surface area (Å²) in [5.41, 5.74) is 2.61. The van der Waals surface area contributed by atoms with Crippen LogP contribution in [0.15, 0.2) is 54.6 Å². The predicted molar refractivity (Wildman–Crippen MR) is 102 cm³/mol. The monoisotopic (exact) mass is 356 g/mol. The van der Waals surface area contributed by atoms with Crippen molar-refractivity contribution < 1.29 is 9.59 Å². The zero-order valence-corrected chi connectivity index (χ0v) is 15.0. The van der Waals surface area contributed by atoms with Crippen LogP contribution in [0.2, 0.25) is 5.02 Å². The Morgan fingerprint density at radius 2 is 1.72 bits per heavy atom. The number of carbonyl (C=O) groups is 2. The summed E-state index contributed by atoms with van der Waals surface area (Å²) >= 11 is 5.83. The van der Waals surface area contributed by atoms with Crippen molar-refractivity contribution in [3.63, 3.8) is 0 Å². The fourth-order valence-corrected chi connectivity index (χ4v) is 2.32. The Labute approximate surface area is 152 Å². The number of nitrogens with one attached hydrogen (secondary N) is 2. The van der Waals surface area contributed by atoms with Gasteiger partial charge in [0.25, 0.3) is 0 Å². The topological polar surface area (TPSA) is 58.2 Å². The van der Waals surface area contributed by atoms with E-state index in [1.807, 2.05) is 43.3 Å². The molecule has 1 atom stereocenters. The third-order valence-corrected chi connectivity index (χ3v) is 3.92. The van der Waals surface area contributed by atoms with Crippen LogP contribution < -0.4 is 10.6 Å². The van der Waals surface area contributed by atoms with Crippen molar-refractivity contribution in [1.82, 2.24) is 5.32 Å². The first-order valence-corrected chi connectivity index (χ1v) is 8.49. The van der Waals surface area contributed by atoms with Crippen LogP contribution >= 0.6 is 11.6 Å². The molecule has 130 valence electrons. The zero-order chi connectivity index (χ0) is 18.2. The molecule has 2 amide bonds. The molecule has 2 aromatic carbocycles. The lowest BCUT2D eigenvalue weighted by Gasteiger charge is -2.14. The van der Waals surface area contributed by atoms with E-state index >= 15 is 0 Å². The number of hydrogen-bond donors (Lipinski definition) is 2. The molecule has 0 saturated heterocycles. The molecule has 2 aromatic rings. The van der Waals surface area contributed by atoms with E-state index in [1.54, 1.807) is 25.1 Å². The van der Waals surface area contributed by atoms with Crippen LogP contribution in [0, 0.1) is 0 Å². The number of halogens is 1. The molecule has 0 aromatic heterocycles. The van der Waals surface area contributed by atoms with E-state index in [0.29, 0.717) is 11.4 Å². The first-order chi connectivity index (χ1) is 12.0. The van der Waals surface area contributed by atoms with Gasteiger partial charge in [0.05, 0.1) is 6.04 Å². The molecule has 2 N–H and O–H groups in total. The summed E-state index contributed by atoms with van der Waals surface area (Å²) in [5.74, 6) is -0.202. The Morgan fingerprint density at radius 1 is 1.08 bits per heavy atom. The fraction of sp³-hybridized carbons (Fsp3) is 0.200. The standard InChI is InChI=1S/C20H21ClN2O2/c1-3-19(24)23-18-11-7-16(8-12-18)14(2)22-20(25)13-6-15-4-9-17(21)10-5-15/h4-14H,3H2,1-2H3,(H,22,25)(H,23,24)/b13-6+. The molecule has 4 nitrogen and oxygen atoms in total. The first-order valence-electron chi connectivity index (χ1n) is 8.12. The number of rotatable bonds is 6. The van der Waals surface area contributed by atoms with E-state index in [9.17, 15) is 9.59 Å². The van der Waals surface area contributed by atoms with Gasteiger partial charge < -0.3 is 10.6 Å². The Morgan fingerprint density at radius 3 is 2.32 bits per heavy atom. The van der Waals surface area contributed by atoms with Gasteiger partial charge in [-0.3, -0.25) is 9.59 Å². The Bertz CT molecular complexity index is 752. The summed E-state index contributed by atoms with van der Waals surface area (Å²) in [6, 6.07) is 14.5. The molecule has 0 aliphatic rings. The lowest BCUT2D eigenvalue weighted by molar-refractivity contribution is -0.117. The predicted octanol–water partition coefficient (Wildman–Crippen LogP) is 4.58. The van der Waals surface area contributed by atoms with Gasteiger partial charge in [-0.05, 0) is 48.4 Å². The highest BCUT2D eigenvalue weighted by Crippen LogP contribution is 2.16. The largest absolute Gasteiger partial charge is 0.346 e. The summed E-state index contributed by atoms with van der Waals surface area (Å²) in [7, 11) is 0. The molecule has 25 heavy (non-hydrogen) atoms. The molecule has 0 saturated carbocycles. The van der Waals surface area contributed by atoms with E-state index in [0.717, 1.165) is 16.8 Å². The Hall–Kier alpha value is -2.59. The highest BCUT2D eigenvalue weighted by molar-refractivity contribution is 6.30. The van der Waals surface area contributed by atoms with Crippen molar-refractivity contribution in [2.45, 2.75) is 26.3 Å². The van der Waals surface area contributed by atoms with Crippen molar-refractivity contribution >= 4 is 35.2 Å². The van der Waals surface area contributed by atoms with E-state index in [2.05, 4.69) is 10.6 Å². The molecule has 0 heterocycles. The van der Waals surface area contributed by atoms with Gasteiger partial charge in [-0.1, -0.05) is 42.8 Å². The Balaban J connectivity index is 1.92. The third kappa shape index (κ3) is 6.08. The van der Waals surface area contributed by atoms with Gasteiger partial charge in [0.15, 0.2) is 0 Å². The fourth-order valence-electron chi connectivity index (χ4n) is 2.20. The molecule has 2 rings (SSSR count). The second-order valence-corrected chi connectivity index (χ2v) is 6.08. The second kappa shape index (κ2) is 9.04. The number of hydrogen-bond acceptors (Lipinski definition) is 2. The highest BCUT2D eigenvalue weighted by atomic mass is 35.5. The molecule has 0 radical (unpaired) electrons. The van der Waals surface area contributed by atoms with Crippen LogP contribution in [0.3, 0.4) is 0 Å². The van der Waals surface area contributed by atoms with Gasteiger partial charge in [-0.2, -0.15) is 0 Å². The maximum atomic E-state index is 12.0. The van der Waals surface area contributed by atoms with E-state index < -0.39 is 0 Å². The highest BCUT2D eigenvalue weighted by Gasteiger charge is 2.08. The number of amides is 2. The Kier molecular flexibility index (Phi) is 6.78. The summed E-state index contributed by atoms with van der Waals surface area (Å²) in [5, 5.41) is 6.37. The maximum Gasteiger partial charge on any atom is 0.244 e. The van der Waals surface area contributed by atoms with Crippen LogP contribution in [0.1, 0.15) is 37.4 Å². The number of anilines is 1. The van der Waals surface area contributed by atoms with Gasteiger partial charge in [0.2, 0.25) is 11.8 Å². The molecular formula is C20H21ClN2O2. The molecular weight excluding hydrogens is 336 g/mol. The average molecular weight is 357 g/mol. The van der Waals surface area contributed by atoms with Crippen LogP contribution in [-0.2, 0) is 9.59 Å². The van der Waals surface area contributed by atoms with Crippen LogP contribution in [0.25, 0.3) is 6.08 Å². The van der Waals surface area contributed by atoms with Crippen molar-refractivity contribution in [2.75, 3.05) is 5.32 Å². The normalized spacial score (nSPS) is 12.0. The van der Waals surface area contributed by atoms with Gasteiger partial charge in [-0.15, -0.1) is 0 Å². The number of benzene rings is 2. The number of carbonyl (C=O) groups excluding carboxylic acids is 2. The minimum atomic E-state index is -0.175. The lowest BCUT2D eigenvalue weighted by atomic mass is 10.1. The zero-order valence-electron chi connectivity index (χ0n) is 14.3. The molecule has 0 aliphatic heterocycles. The average Bonchev–Trinajstić information content (AvgIpc) is 2.61. The van der Waals surface area contributed by atoms with Crippen molar-refractivity contribution in [3.05, 3.63) is 70.8 Å². The lowest BCUT2D eigenvalue weighted by Crippen LogP contribution is -2.24. The summed E-state index contributed by atoms with van der Waals surface area (Å²) in [6.45, 7) is 3.71.